The molecule has 1 rings (SSSR count). The van der Waals surface area contributed by atoms with E-state index in [4.69, 9.17) is 0 Å². The van der Waals surface area contributed by atoms with Crippen molar-refractivity contribution in [1.82, 2.24) is 4.57 Å². The molecule has 0 saturated heterocycles. The predicted molar refractivity (Wildman–Crippen MR) is 55.0 cm³/mol. The molecule has 0 N–H and O–H groups in total. The zero-order chi connectivity index (χ0) is 10.6. The Bertz CT molecular complexity index is 427. The lowest BCUT2D eigenvalue weighted by Crippen LogP contribution is -2.15. The first-order valence-electron chi connectivity index (χ1n) is 4.40. The standard InChI is InChI=1S/C9H13NO3S/c1-2-14(12,13)8-7-10-5-3-9(11)4-6-10/h3-6H,2,7-8H2,1H3. The minimum Gasteiger partial charge on any atom is -0.353 e. The lowest BCUT2D eigenvalue weighted by molar-refractivity contribution is 0.589. The minimum atomic E-state index is -2.93. The smallest absolute Gasteiger partial charge is 0.181 e. The number of nitrogens with zero attached hydrogens (tertiary/aromatic N) is 1. The van der Waals surface area contributed by atoms with Gasteiger partial charge in [-0.05, 0) is 0 Å². The van der Waals surface area contributed by atoms with Crippen molar-refractivity contribution in [2.24, 2.45) is 0 Å². The molecule has 0 aliphatic carbocycles. The van der Waals surface area contributed by atoms with Gasteiger partial charge >= 0.3 is 0 Å². The summed E-state index contributed by atoms with van der Waals surface area (Å²) in [6.45, 7) is 2.02. The Kier molecular flexibility index (Phi) is 3.46. The van der Waals surface area contributed by atoms with Crippen molar-refractivity contribution in [2.45, 2.75) is 13.5 Å². The van der Waals surface area contributed by atoms with Crippen LogP contribution in [0.1, 0.15) is 6.92 Å². The van der Waals surface area contributed by atoms with Crippen LogP contribution in [-0.2, 0) is 16.4 Å². The average molecular weight is 215 g/mol. The first kappa shape index (κ1) is 11.0. The lowest BCUT2D eigenvalue weighted by Gasteiger charge is -2.04. The molecule has 1 aromatic rings. The van der Waals surface area contributed by atoms with Gasteiger partial charge in [0.15, 0.2) is 15.3 Å². The zero-order valence-electron chi connectivity index (χ0n) is 8.01. The highest BCUT2D eigenvalue weighted by atomic mass is 32.2. The van der Waals surface area contributed by atoms with Crippen LogP contribution in [0.2, 0.25) is 0 Å². The second-order valence-electron chi connectivity index (χ2n) is 3.01. The number of aromatic nitrogens is 1. The highest BCUT2D eigenvalue weighted by Crippen LogP contribution is 1.92. The lowest BCUT2D eigenvalue weighted by atomic mass is 10.5. The van der Waals surface area contributed by atoms with Gasteiger partial charge in [0.25, 0.3) is 0 Å². The van der Waals surface area contributed by atoms with Gasteiger partial charge in [0.2, 0.25) is 0 Å². The van der Waals surface area contributed by atoms with E-state index in [9.17, 15) is 13.2 Å². The monoisotopic (exact) mass is 215 g/mol. The molecule has 0 amide bonds. The first-order valence-corrected chi connectivity index (χ1v) is 6.22. The van der Waals surface area contributed by atoms with Crippen LogP contribution in [0.4, 0.5) is 0 Å². The molecular weight excluding hydrogens is 202 g/mol. The van der Waals surface area contributed by atoms with Gasteiger partial charge in [0.05, 0.1) is 5.75 Å². The highest BCUT2D eigenvalue weighted by molar-refractivity contribution is 7.91. The van der Waals surface area contributed by atoms with Gasteiger partial charge in [-0.1, -0.05) is 6.92 Å². The summed E-state index contributed by atoms with van der Waals surface area (Å²) >= 11 is 0. The van der Waals surface area contributed by atoms with Gasteiger partial charge in [-0.15, -0.1) is 0 Å². The van der Waals surface area contributed by atoms with E-state index in [1.807, 2.05) is 0 Å². The Hall–Kier alpha value is -1.10. The van der Waals surface area contributed by atoms with E-state index >= 15 is 0 Å². The van der Waals surface area contributed by atoms with Gasteiger partial charge in [0, 0.05) is 36.8 Å². The fourth-order valence-corrected chi connectivity index (χ4v) is 1.76. The molecule has 4 nitrogen and oxygen atoms in total. The third-order valence-electron chi connectivity index (χ3n) is 1.96. The fraction of sp³-hybridized carbons (Fsp3) is 0.444. The van der Waals surface area contributed by atoms with E-state index in [1.165, 1.54) is 12.1 Å². The molecule has 1 aromatic heterocycles. The maximum absolute atomic E-state index is 11.2. The third kappa shape index (κ3) is 3.33. The number of aryl methyl sites for hydroxylation is 1. The van der Waals surface area contributed by atoms with Crippen molar-refractivity contribution in [2.75, 3.05) is 11.5 Å². The normalized spacial score (nSPS) is 11.5. The van der Waals surface area contributed by atoms with Gasteiger partial charge in [0.1, 0.15) is 0 Å². The summed E-state index contributed by atoms with van der Waals surface area (Å²) in [6.07, 6.45) is 3.18. The molecule has 0 radical (unpaired) electrons. The maximum atomic E-state index is 11.2. The van der Waals surface area contributed by atoms with Gasteiger partial charge in [-0.2, -0.15) is 0 Å². The van der Waals surface area contributed by atoms with E-state index in [0.29, 0.717) is 6.54 Å². The van der Waals surface area contributed by atoms with Gasteiger partial charge in [-0.3, -0.25) is 4.79 Å². The second kappa shape index (κ2) is 4.41. The molecule has 5 heteroatoms. The Balaban J connectivity index is 2.63. The summed E-state index contributed by atoms with van der Waals surface area (Å²) < 4.78 is 24.0. The van der Waals surface area contributed by atoms with E-state index in [2.05, 4.69) is 0 Å². The number of pyridine rings is 1. The quantitative estimate of drug-likeness (QED) is 0.725. The molecule has 0 bridgehead atoms. The van der Waals surface area contributed by atoms with Crippen LogP contribution in [0, 0.1) is 0 Å². The molecule has 0 atom stereocenters. The number of hydrogen-bond donors (Lipinski definition) is 0. The summed E-state index contributed by atoms with van der Waals surface area (Å²) in [5.74, 6) is 0.277. The summed E-state index contributed by atoms with van der Waals surface area (Å²) in [5, 5.41) is 0. The molecule has 0 spiro atoms. The number of sulfone groups is 1. The van der Waals surface area contributed by atoms with Crippen LogP contribution in [0.15, 0.2) is 29.3 Å². The number of hydrogen-bond acceptors (Lipinski definition) is 3. The molecule has 0 aliphatic rings. The third-order valence-corrected chi connectivity index (χ3v) is 3.65. The van der Waals surface area contributed by atoms with Crippen molar-refractivity contribution in [3.63, 3.8) is 0 Å². The SMILES string of the molecule is CCS(=O)(=O)CCn1ccc(=O)cc1. The molecule has 78 valence electrons. The highest BCUT2D eigenvalue weighted by Gasteiger charge is 2.06. The molecule has 0 aliphatic heterocycles. The summed E-state index contributed by atoms with van der Waals surface area (Å²) in [4.78, 5) is 10.7. The molecule has 0 unspecified atom stereocenters. The molecule has 0 aromatic carbocycles. The molecule has 1 heterocycles. The van der Waals surface area contributed by atoms with Crippen LogP contribution in [0.25, 0.3) is 0 Å². The molecule has 14 heavy (non-hydrogen) atoms. The largest absolute Gasteiger partial charge is 0.353 e. The van der Waals surface area contributed by atoms with Crippen molar-refractivity contribution in [1.29, 1.82) is 0 Å². The van der Waals surface area contributed by atoms with Crippen LogP contribution in [0.5, 0.6) is 0 Å². The van der Waals surface area contributed by atoms with E-state index < -0.39 is 9.84 Å². The Labute approximate surface area is 83.1 Å². The minimum absolute atomic E-state index is 0.0698. The predicted octanol–water partition coefficient (Wildman–Crippen LogP) is 0.283. The van der Waals surface area contributed by atoms with Crippen LogP contribution < -0.4 is 5.43 Å². The van der Waals surface area contributed by atoms with Gasteiger partial charge < -0.3 is 4.57 Å². The zero-order valence-corrected chi connectivity index (χ0v) is 8.83. The van der Waals surface area contributed by atoms with Crippen LogP contribution >= 0.6 is 0 Å². The molecule has 0 fully saturated rings. The van der Waals surface area contributed by atoms with Crippen molar-refractivity contribution < 1.29 is 8.42 Å². The summed E-state index contributed by atoms with van der Waals surface area (Å²) in [6, 6.07) is 2.83. The van der Waals surface area contributed by atoms with Gasteiger partial charge in [-0.25, -0.2) is 8.42 Å². The Morgan fingerprint density at radius 1 is 1.29 bits per heavy atom. The van der Waals surface area contributed by atoms with Crippen molar-refractivity contribution in [3.8, 4) is 0 Å². The Morgan fingerprint density at radius 3 is 2.36 bits per heavy atom. The summed E-state index contributed by atoms with van der Waals surface area (Å²) in [7, 11) is -2.93. The second-order valence-corrected chi connectivity index (χ2v) is 5.48. The Morgan fingerprint density at radius 2 is 1.86 bits per heavy atom. The summed E-state index contributed by atoms with van der Waals surface area (Å²) in [5.41, 5.74) is -0.0698. The van der Waals surface area contributed by atoms with Crippen molar-refractivity contribution in [3.05, 3.63) is 34.7 Å². The van der Waals surface area contributed by atoms with E-state index in [-0.39, 0.29) is 16.9 Å². The average Bonchev–Trinajstić information content (AvgIpc) is 2.17. The molecular formula is C9H13NO3S. The van der Waals surface area contributed by atoms with Crippen molar-refractivity contribution >= 4 is 9.84 Å². The van der Waals surface area contributed by atoms with Crippen LogP contribution in [-0.4, -0.2) is 24.5 Å². The first-order chi connectivity index (χ1) is 6.53. The van der Waals surface area contributed by atoms with E-state index in [1.54, 1.807) is 23.9 Å². The topological polar surface area (TPSA) is 56.1 Å². The molecule has 0 saturated carbocycles. The number of rotatable bonds is 4. The van der Waals surface area contributed by atoms with Crippen LogP contribution in [0.3, 0.4) is 0 Å². The maximum Gasteiger partial charge on any atom is 0.181 e. The van der Waals surface area contributed by atoms with E-state index in [0.717, 1.165) is 0 Å². The fourth-order valence-electron chi connectivity index (χ4n) is 0.982.